The van der Waals surface area contributed by atoms with E-state index in [1.165, 1.54) is 141 Å². The van der Waals surface area contributed by atoms with Crippen LogP contribution in [0.4, 0.5) is 0 Å². The third-order valence-electron chi connectivity index (χ3n) is 10.6. The number of carbonyl (C=O) groups is 4. The van der Waals surface area contributed by atoms with Crippen LogP contribution in [0.15, 0.2) is 0 Å². The lowest BCUT2D eigenvalue weighted by Gasteiger charge is -2.20. The Morgan fingerprint density at radius 1 is 0.500 bits per heavy atom. The zero-order valence-corrected chi connectivity index (χ0v) is 40.1. The van der Waals surface area contributed by atoms with Crippen LogP contribution in [-0.2, 0) is 51.7 Å². The van der Waals surface area contributed by atoms with Gasteiger partial charge in [0.2, 0.25) is 5.91 Å². The van der Waals surface area contributed by atoms with Gasteiger partial charge < -0.3 is 34.3 Å². The molecule has 0 aliphatic heterocycles. The molecule has 1 unspecified atom stereocenters. The molecule has 0 saturated heterocycles. The Morgan fingerprint density at radius 3 is 1.31 bits per heavy atom. The van der Waals surface area contributed by atoms with Gasteiger partial charge >= 0.3 is 25.7 Å². The van der Waals surface area contributed by atoms with Crippen molar-refractivity contribution in [2.24, 2.45) is 0 Å². The number of rotatable bonds is 49. The Bertz CT molecular complexity index is 1110. The van der Waals surface area contributed by atoms with E-state index in [-0.39, 0.29) is 52.4 Å². The van der Waals surface area contributed by atoms with Crippen molar-refractivity contribution in [1.82, 2.24) is 5.32 Å². The van der Waals surface area contributed by atoms with Crippen LogP contribution >= 0.6 is 7.82 Å². The maximum absolute atomic E-state index is 12.8. The first kappa shape index (κ1) is 59.9. The van der Waals surface area contributed by atoms with E-state index in [1.54, 1.807) is 0 Å². The predicted molar refractivity (Wildman–Crippen MR) is 244 cm³/mol. The normalized spacial score (nSPS) is 12.8. The Balaban J connectivity index is 4.50. The minimum atomic E-state index is -4.62. The van der Waals surface area contributed by atoms with Crippen LogP contribution in [0.3, 0.4) is 0 Å². The Morgan fingerprint density at radius 2 is 0.887 bits per heavy atom. The second kappa shape index (κ2) is 45.5. The monoisotopic (exact) mass is 908 g/mol. The highest BCUT2D eigenvalue weighted by Crippen LogP contribution is 2.43. The standard InChI is InChI=1S/C47H90NO13P/c1-3-5-7-9-11-13-15-17-19-21-23-25-27-29-31-33-46(52)58-39-43(40-60-62(54,55)59-36-35-48-44(49)41-56-37-38-57-42-45(50)51)61-47(53)34-32-30-28-26-24-22-20-18-16-14-12-10-8-6-4-2/h43H,3-42H2,1-2H3,(H,48,49)(H,50,51)(H,54,55)/t43-/m1/s1. The summed E-state index contributed by atoms with van der Waals surface area (Å²) in [4.78, 5) is 57.9. The van der Waals surface area contributed by atoms with Crippen LogP contribution in [0.2, 0.25) is 0 Å². The number of carboxylic acids is 1. The fraction of sp³-hybridized carbons (Fsp3) is 0.915. The van der Waals surface area contributed by atoms with Gasteiger partial charge in [0.1, 0.15) is 19.8 Å². The molecule has 0 rings (SSSR count). The van der Waals surface area contributed by atoms with Crippen molar-refractivity contribution in [2.75, 3.05) is 52.8 Å². The lowest BCUT2D eigenvalue weighted by molar-refractivity contribution is -0.161. The van der Waals surface area contributed by atoms with E-state index in [0.29, 0.717) is 12.8 Å². The summed E-state index contributed by atoms with van der Waals surface area (Å²) in [5.41, 5.74) is 0. The highest BCUT2D eigenvalue weighted by molar-refractivity contribution is 7.47. The van der Waals surface area contributed by atoms with Crippen molar-refractivity contribution < 1.29 is 61.7 Å². The third kappa shape index (κ3) is 45.9. The highest BCUT2D eigenvalue weighted by Gasteiger charge is 2.26. The summed E-state index contributed by atoms with van der Waals surface area (Å²) in [7, 11) is -4.62. The number of hydrogen-bond acceptors (Lipinski definition) is 11. The molecule has 0 radical (unpaired) electrons. The van der Waals surface area contributed by atoms with Gasteiger partial charge in [-0.2, -0.15) is 0 Å². The van der Waals surface area contributed by atoms with Crippen LogP contribution in [0.25, 0.3) is 0 Å². The number of amides is 1. The maximum atomic E-state index is 12.8. The topological polar surface area (TPSA) is 193 Å². The minimum absolute atomic E-state index is 0.00226. The molecule has 0 aliphatic carbocycles. The Hall–Kier alpha value is -2.09. The SMILES string of the molecule is CCCCCCCCCCCCCCCCCC(=O)OC[C@H](COP(=O)(O)OCCNC(=O)COCCOCC(=O)O)OC(=O)CCCCCCCCCCCCCCCCC. The molecule has 0 heterocycles. The molecule has 0 bridgehead atoms. The van der Waals surface area contributed by atoms with Crippen molar-refractivity contribution in [3.63, 3.8) is 0 Å². The van der Waals surface area contributed by atoms with Crippen molar-refractivity contribution in [3.8, 4) is 0 Å². The van der Waals surface area contributed by atoms with Crippen molar-refractivity contribution in [2.45, 2.75) is 225 Å². The van der Waals surface area contributed by atoms with Gasteiger partial charge in [-0.3, -0.25) is 23.4 Å². The number of unbranched alkanes of at least 4 members (excludes halogenated alkanes) is 28. The number of nitrogens with one attached hydrogen (secondary N) is 1. The molecule has 366 valence electrons. The molecule has 62 heavy (non-hydrogen) atoms. The first-order chi connectivity index (χ1) is 30.1. The molecule has 0 aromatic rings. The van der Waals surface area contributed by atoms with Crippen LogP contribution < -0.4 is 5.32 Å². The first-order valence-electron chi connectivity index (χ1n) is 24.7. The Labute approximate surface area is 376 Å². The van der Waals surface area contributed by atoms with Gasteiger partial charge in [0.15, 0.2) is 6.10 Å². The molecule has 1 amide bonds. The summed E-state index contributed by atoms with van der Waals surface area (Å²) in [6.07, 6.45) is 35.8. The van der Waals surface area contributed by atoms with Gasteiger partial charge in [-0.15, -0.1) is 0 Å². The second-order valence-corrected chi connectivity index (χ2v) is 18.1. The number of carboxylic acid groups (broad SMARTS) is 1. The lowest BCUT2D eigenvalue weighted by Crippen LogP contribution is -2.31. The number of hydrogen-bond donors (Lipinski definition) is 3. The fourth-order valence-electron chi connectivity index (χ4n) is 6.96. The zero-order valence-electron chi connectivity index (χ0n) is 39.2. The van der Waals surface area contributed by atoms with E-state index in [4.69, 9.17) is 33.1 Å². The van der Waals surface area contributed by atoms with E-state index in [9.17, 15) is 28.6 Å². The van der Waals surface area contributed by atoms with Gasteiger partial charge in [0.25, 0.3) is 0 Å². The van der Waals surface area contributed by atoms with Gasteiger partial charge in [0.05, 0.1) is 26.4 Å². The molecule has 0 saturated carbocycles. The van der Waals surface area contributed by atoms with Crippen LogP contribution in [0, 0.1) is 0 Å². The van der Waals surface area contributed by atoms with E-state index in [1.807, 2.05) is 0 Å². The van der Waals surface area contributed by atoms with E-state index >= 15 is 0 Å². The number of phosphoric acid groups is 1. The smallest absolute Gasteiger partial charge is 0.472 e. The van der Waals surface area contributed by atoms with Crippen molar-refractivity contribution >= 4 is 31.6 Å². The number of aliphatic carboxylic acids is 1. The number of ether oxygens (including phenoxy) is 4. The third-order valence-corrected chi connectivity index (χ3v) is 11.6. The molecule has 0 aromatic heterocycles. The molecule has 3 N–H and O–H groups in total. The van der Waals surface area contributed by atoms with Crippen molar-refractivity contribution in [1.29, 1.82) is 0 Å². The van der Waals surface area contributed by atoms with E-state index < -0.39 is 51.0 Å². The molecule has 2 atom stereocenters. The summed E-state index contributed by atoms with van der Waals surface area (Å²) in [5, 5.41) is 11.0. The number of phosphoric ester groups is 1. The van der Waals surface area contributed by atoms with Gasteiger partial charge in [-0.25, -0.2) is 9.36 Å². The summed E-state index contributed by atoms with van der Waals surface area (Å²) in [6.45, 7) is 2.38. The van der Waals surface area contributed by atoms with Gasteiger partial charge in [-0.05, 0) is 12.8 Å². The zero-order chi connectivity index (χ0) is 45.6. The quantitative estimate of drug-likeness (QED) is 0.0297. The van der Waals surface area contributed by atoms with Gasteiger partial charge in [-0.1, -0.05) is 194 Å². The number of carbonyl (C=O) groups excluding carboxylic acids is 3. The molecule has 0 aliphatic rings. The summed E-state index contributed by atoms with van der Waals surface area (Å²) >= 11 is 0. The predicted octanol–water partition coefficient (Wildman–Crippen LogP) is 11.3. The van der Waals surface area contributed by atoms with Crippen LogP contribution in [0.5, 0.6) is 0 Å². The summed E-state index contributed by atoms with van der Waals surface area (Å²) in [5.74, 6) is -2.56. The molecular formula is C47H90NO13P. The summed E-state index contributed by atoms with van der Waals surface area (Å²) < 4.78 is 43.5. The van der Waals surface area contributed by atoms with E-state index in [0.717, 1.165) is 38.5 Å². The highest BCUT2D eigenvalue weighted by atomic mass is 31.2. The van der Waals surface area contributed by atoms with Crippen LogP contribution in [0.1, 0.15) is 219 Å². The largest absolute Gasteiger partial charge is 0.480 e. The minimum Gasteiger partial charge on any atom is -0.480 e. The molecule has 0 aromatic carbocycles. The van der Waals surface area contributed by atoms with E-state index in [2.05, 4.69) is 19.2 Å². The fourth-order valence-corrected chi connectivity index (χ4v) is 7.71. The molecular weight excluding hydrogens is 817 g/mol. The second-order valence-electron chi connectivity index (χ2n) is 16.6. The maximum Gasteiger partial charge on any atom is 0.472 e. The molecule has 0 fully saturated rings. The first-order valence-corrected chi connectivity index (χ1v) is 26.2. The molecule has 14 nitrogen and oxygen atoms in total. The van der Waals surface area contributed by atoms with Crippen LogP contribution in [-0.4, -0.2) is 92.7 Å². The molecule has 0 spiro atoms. The Kier molecular flexibility index (Phi) is 43.9. The average Bonchev–Trinajstić information content (AvgIpc) is 3.24. The summed E-state index contributed by atoms with van der Waals surface area (Å²) in [6, 6.07) is 0. The van der Waals surface area contributed by atoms with Gasteiger partial charge in [0, 0.05) is 19.4 Å². The van der Waals surface area contributed by atoms with Crippen molar-refractivity contribution in [3.05, 3.63) is 0 Å². The molecule has 15 heteroatoms. The average molecular weight is 908 g/mol. The lowest BCUT2D eigenvalue weighted by atomic mass is 10.0. The number of esters is 2.